The Morgan fingerprint density at radius 1 is 1.04 bits per heavy atom. The van der Waals surface area contributed by atoms with Gasteiger partial charge in [0.25, 0.3) is 0 Å². The Kier molecular flexibility index (Phi) is 4.69. The molecule has 0 radical (unpaired) electrons. The molecule has 1 aromatic rings. The molecule has 0 saturated carbocycles. The van der Waals surface area contributed by atoms with E-state index in [9.17, 15) is 14.4 Å². The van der Waals surface area contributed by atoms with Crippen LogP contribution in [0.2, 0.25) is 0 Å². The van der Waals surface area contributed by atoms with Crippen LogP contribution in [0.1, 0.15) is 13.3 Å². The van der Waals surface area contributed by atoms with Gasteiger partial charge in [-0.2, -0.15) is 0 Å². The molecule has 2 aliphatic heterocycles. The van der Waals surface area contributed by atoms with Crippen LogP contribution in [-0.4, -0.2) is 66.4 Å². The van der Waals surface area contributed by atoms with Crippen molar-refractivity contribution < 1.29 is 14.4 Å². The zero-order valence-corrected chi connectivity index (χ0v) is 13.8. The quantitative estimate of drug-likeness (QED) is 0.866. The highest BCUT2D eigenvalue weighted by Gasteiger charge is 2.33. The van der Waals surface area contributed by atoms with Crippen LogP contribution in [0, 0.1) is 0 Å². The number of rotatable bonds is 2. The highest BCUT2D eigenvalue weighted by Crippen LogP contribution is 2.21. The van der Waals surface area contributed by atoms with Gasteiger partial charge in [0.05, 0.1) is 6.04 Å². The summed E-state index contributed by atoms with van der Waals surface area (Å²) in [6.07, 6.45) is 0.314. The van der Waals surface area contributed by atoms with Crippen molar-refractivity contribution in [3.05, 3.63) is 30.3 Å². The molecule has 2 heterocycles. The second-order valence-electron chi connectivity index (χ2n) is 6.18. The van der Waals surface area contributed by atoms with Gasteiger partial charge in [-0.25, -0.2) is 4.79 Å². The molecule has 1 atom stereocenters. The second kappa shape index (κ2) is 6.90. The van der Waals surface area contributed by atoms with Crippen LogP contribution in [-0.2, 0) is 9.59 Å². The maximum atomic E-state index is 12.4. The van der Waals surface area contributed by atoms with E-state index in [1.54, 1.807) is 14.7 Å². The van der Waals surface area contributed by atoms with Gasteiger partial charge in [0.1, 0.15) is 0 Å². The first kappa shape index (κ1) is 16.3. The van der Waals surface area contributed by atoms with E-state index >= 15 is 0 Å². The molecule has 2 fully saturated rings. The highest BCUT2D eigenvalue weighted by atomic mass is 16.2. The average molecular weight is 330 g/mol. The second-order valence-corrected chi connectivity index (χ2v) is 6.18. The van der Waals surface area contributed by atoms with Crippen molar-refractivity contribution in [1.29, 1.82) is 0 Å². The molecule has 7 heteroatoms. The Labute approximate surface area is 141 Å². The molecule has 128 valence electrons. The Morgan fingerprint density at radius 3 is 2.29 bits per heavy atom. The number of hydrogen-bond acceptors (Lipinski definition) is 3. The first-order chi connectivity index (χ1) is 11.5. The molecule has 3 rings (SSSR count). The zero-order valence-electron chi connectivity index (χ0n) is 13.8. The number of piperazine rings is 1. The van der Waals surface area contributed by atoms with E-state index in [4.69, 9.17) is 0 Å². The van der Waals surface area contributed by atoms with E-state index in [2.05, 4.69) is 5.32 Å². The van der Waals surface area contributed by atoms with E-state index < -0.39 is 0 Å². The van der Waals surface area contributed by atoms with Crippen LogP contribution in [0.15, 0.2) is 30.3 Å². The summed E-state index contributed by atoms with van der Waals surface area (Å²) in [4.78, 5) is 41.0. The number of benzene rings is 1. The Hall–Kier alpha value is -2.57. The molecule has 1 N–H and O–H groups in total. The van der Waals surface area contributed by atoms with Crippen LogP contribution < -0.4 is 10.2 Å². The van der Waals surface area contributed by atoms with E-state index in [0.717, 1.165) is 5.69 Å². The van der Waals surface area contributed by atoms with Gasteiger partial charge in [-0.1, -0.05) is 18.2 Å². The Bertz CT molecular complexity index is 626. The zero-order chi connectivity index (χ0) is 17.1. The van der Waals surface area contributed by atoms with Gasteiger partial charge in [0.2, 0.25) is 11.8 Å². The lowest BCUT2D eigenvalue weighted by Gasteiger charge is -2.34. The fourth-order valence-electron chi connectivity index (χ4n) is 3.15. The largest absolute Gasteiger partial charge is 0.339 e. The van der Waals surface area contributed by atoms with Gasteiger partial charge < -0.3 is 20.0 Å². The minimum absolute atomic E-state index is 0.0212. The number of anilines is 1. The number of nitrogens with one attached hydrogen (secondary N) is 1. The van der Waals surface area contributed by atoms with Crippen LogP contribution in [0.4, 0.5) is 10.5 Å². The van der Waals surface area contributed by atoms with E-state index in [1.807, 2.05) is 30.3 Å². The number of hydrogen-bond donors (Lipinski definition) is 1. The summed E-state index contributed by atoms with van der Waals surface area (Å²) in [5, 5.41) is 2.94. The molecule has 2 aliphatic rings. The van der Waals surface area contributed by atoms with Crippen molar-refractivity contribution in [1.82, 2.24) is 15.1 Å². The third kappa shape index (κ3) is 3.50. The van der Waals surface area contributed by atoms with Gasteiger partial charge in [-0.05, 0) is 12.1 Å². The van der Waals surface area contributed by atoms with Crippen molar-refractivity contribution in [2.24, 2.45) is 0 Å². The van der Waals surface area contributed by atoms with Gasteiger partial charge in [0, 0.05) is 51.8 Å². The maximum absolute atomic E-state index is 12.4. The molecule has 4 amide bonds. The topological polar surface area (TPSA) is 73.0 Å². The summed E-state index contributed by atoms with van der Waals surface area (Å²) in [5.74, 6) is 0.0582. The fraction of sp³-hybridized carbons (Fsp3) is 0.471. The molecular formula is C17H22N4O3. The number of carbonyl (C=O) groups excluding carboxylic acids is 3. The van der Waals surface area contributed by atoms with E-state index in [-0.39, 0.29) is 23.9 Å². The third-order valence-electron chi connectivity index (χ3n) is 4.53. The van der Waals surface area contributed by atoms with Crippen molar-refractivity contribution >= 4 is 23.5 Å². The summed E-state index contributed by atoms with van der Waals surface area (Å²) in [6, 6.07) is 9.13. The van der Waals surface area contributed by atoms with Crippen LogP contribution in [0.25, 0.3) is 0 Å². The van der Waals surface area contributed by atoms with Crippen molar-refractivity contribution in [2.75, 3.05) is 37.6 Å². The van der Waals surface area contributed by atoms with Crippen LogP contribution in [0.5, 0.6) is 0 Å². The van der Waals surface area contributed by atoms with Crippen molar-refractivity contribution in [2.45, 2.75) is 19.4 Å². The molecule has 0 bridgehead atoms. The summed E-state index contributed by atoms with van der Waals surface area (Å²) in [7, 11) is 0. The number of amides is 4. The molecule has 1 unspecified atom stereocenters. The lowest BCUT2D eigenvalue weighted by Crippen LogP contribution is -2.54. The minimum atomic E-state index is -0.184. The first-order valence-electron chi connectivity index (χ1n) is 8.21. The molecular weight excluding hydrogens is 308 g/mol. The summed E-state index contributed by atoms with van der Waals surface area (Å²) in [5.41, 5.74) is 0.856. The van der Waals surface area contributed by atoms with Gasteiger partial charge in [-0.15, -0.1) is 0 Å². The number of nitrogens with zero attached hydrogens (tertiary/aromatic N) is 3. The van der Waals surface area contributed by atoms with Crippen molar-refractivity contribution in [3.8, 4) is 0 Å². The summed E-state index contributed by atoms with van der Waals surface area (Å²) >= 11 is 0. The van der Waals surface area contributed by atoms with Gasteiger partial charge in [-0.3, -0.25) is 9.59 Å². The molecule has 0 aromatic heterocycles. The van der Waals surface area contributed by atoms with Crippen LogP contribution in [0.3, 0.4) is 0 Å². The first-order valence-corrected chi connectivity index (χ1v) is 8.21. The highest BCUT2D eigenvalue weighted by molar-refractivity contribution is 5.96. The molecule has 0 aliphatic carbocycles. The smallest absolute Gasteiger partial charge is 0.317 e. The minimum Gasteiger partial charge on any atom is -0.339 e. The predicted molar refractivity (Wildman–Crippen MR) is 89.6 cm³/mol. The molecule has 1 aromatic carbocycles. The Morgan fingerprint density at radius 2 is 1.67 bits per heavy atom. The average Bonchev–Trinajstić information content (AvgIpc) is 2.96. The number of para-hydroxylation sites is 1. The number of carbonyl (C=O) groups is 3. The van der Waals surface area contributed by atoms with E-state index in [0.29, 0.717) is 39.1 Å². The van der Waals surface area contributed by atoms with E-state index in [1.165, 1.54) is 6.92 Å². The van der Waals surface area contributed by atoms with Gasteiger partial charge >= 0.3 is 6.03 Å². The molecule has 2 saturated heterocycles. The SMILES string of the molecule is CC(=O)N1CCN(C(=O)NC2CC(=O)N(c3ccccc3)C2)CC1. The normalized spacial score (nSPS) is 21.1. The lowest BCUT2D eigenvalue weighted by molar-refractivity contribution is -0.130. The van der Waals surface area contributed by atoms with Crippen molar-refractivity contribution in [3.63, 3.8) is 0 Å². The summed E-state index contributed by atoms with van der Waals surface area (Å²) in [6.45, 7) is 4.19. The lowest BCUT2D eigenvalue weighted by atomic mass is 10.2. The van der Waals surface area contributed by atoms with Crippen LogP contribution >= 0.6 is 0 Å². The Balaban J connectivity index is 1.53. The monoisotopic (exact) mass is 330 g/mol. The predicted octanol–water partition coefficient (Wildman–Crippen LogP) is 0.666. The maximum Gasteiger partial charge on any atom is 0.317 e. The summed E-state index contributed by atoms with van der Waals surface area (Å²) < 4.78 is 0. The fourth-order valence-corrected chi connectivity index (χ4v) is 3.15. The van der Waals surface area contributed by atoms with Gasteiger partial charge in [0.15, 0.2) is 0 Å². The third-order valence-corrected chi connectivity index (χ3v) is 4.53. The molecule has 7 nitrogen and oxygen atoms in total. The molecule has 24 heavy (non-hydrogen) atoms. The number of urea groups is 1. The standard InChI is InChI=1S/C17H22N4O3/c1-13(22)19-7-9-20(10-8-19)17(24)18-14-11-16(23)21(12-14)15-5-3-2-4-6-15/h2-6,14H,7-12H2,1H3,(H,18,24). The molecule has 0 spiro atoms.